The smallest absolute Gasteiger partial charge is 0.354 e. The molecule has 9 heteroatoms. The Labute approximate surface area is 155 Å². The van der Waals surface area contributed by atoms with Crippen LogP contribution in [-0.4, -0.2) is 49.6 Å². The van der Waals surface area contributed by atoms with Crippen LogP contribution >= 0.6 is 11.3 Å². The number of carbonyl (C=O) groups excluding carboxylic acids is 1. The number of halogens is 3. The van der Waals surface area contributed by atoms with Crippen LogP contribution in [-0.2, 0) is 11.3 Å². The molecule has 1 aliphatic carbocycles. The van der Waals surface area contributed by atoms with Crippen molar-refractivity contribution in [1.82, 2.24) is 15.5 Å². The maximum atomic E-state index is 13.0. The molecule has 0 aromatic carbocycles. The highest BCUT2D eigenvalue weighted by Crippen LogP contribution is 2.37. The van der Waals surface area contributed by atoms with Crippen molar-refractivity contribution in [2.75, 3.05) is 20.6 Å². The maximum absolute atomic E-state index is 13.0. The van der Waals surface area contributed by atoms with E-state index in [1.807, 2.05) is 17.5 Å². The van der Waals surface area contributed by atoms with Gasteiger partial charge in [-0.15, -0.1) is 11.3 Å². The van der Waals surface area contributed by atoms with Crippen LogP contribution in [0.15, 0.2) is 22.5 Å². The van der Waals surface area contributed by atoms with Gasteiger partial charge in [0.25, 0.3) is 0 Å². The van der Waals surface area contributed by atoms with E-state index < -0.39 is 12.1 Å². The average Bonchev–Trinajstić information content (AvgIpc) is 3.10. The molecule has 0 saturated heterocycles. The maximum Gasteiger partial charge on any atom is 0.391 e. The second-order valence-corrected chi connectivity index (χ2v) is 7.66. The van der Waals surface area contributed by atoms with Gasteiger partial charge in [-0.25, -0.2) is 4.99 Å². The Balaban J connectivity index is 1.99. The molecule has 1 saturated carbocycles. The summed E-state index contributed by atoms with van der Waals surface area (Å²) in [5, 5.41) is 8.15. The van der Waals surface area contributed by atoms with E-state index in [1.54, 1.807) is 25.4 Å². The number of likely N-dealkylation sites (N-methyl/N-ethyl adjacent to an activating group) is 1. The molecular weight excluding hydrogens is 365 g/mol. The number of guanidine groups is 1. The summed E-state index contributed by atoms with van der Waals surface area (Å²) >= 11 is 1.57. The van der Waals surface area contributed by atoms with Gasteiger partial charge in [0.15, 0.2) is 5.96 Å². The number of nitrogens with one attached hydrogen (secondary N) is 2. The molecule has 0 spiro atoms. The highest BCUT2D eigenvalue weighted by molar-refractivity contribution is 7.09. The zero-order valence-electron chi connectivity index (χ0n) is 15.0. The van der Waals surface area contributed by atoms with E-state index in [9.17, 15) is 18.0 Å². The van der Waals surface area contributed by atoms with Crippen LogP contribution in [0.4, 0.5) is 13.2 Å². The van der Waals surface area contributed by atoms with Crippen molar-refractivity contribution in [3.05, 3.63) is 22.4 Å². The van der Waals surface area contributed by atoms with Crippen molar-refractivity contribution >= 4 is 23.2 Å². The molecule has 1 amide bonds. The molecule has 146 valence electrons. The Morgan fingerprint density at radius 3 is 2.77 bits per heavy atom. The minimum absolute atomic E-state index is 0.0326. The summed E-state index contributed by atoms with van der Waals surface area (Å²) in [5.41, 5.74) is 0. The van der Waals surface area contributed by atoms with E-state index >= 15 is 0 Å². The zero-order chi connectivity index (χ0) is 19.2. The van der Waals surface area contributed by atoms with Crippen LogP contribution in [0.25, 0.3) is 0 Å². The Kier molecular flexibility index (Phi) is 7.31. The van der Waals surface area contributed by atoms with Gasteiger partial charge in [-0.05, 0) is 30.7 Å². The molecule has 2 atom stereocenters. The SMILES string of the molecule is CN(C)C(=O)CN=C(NCc1cccs1)NC1CCCC(C(F)(F)F)C1. The summed E-state index contributed by atoms with van der Waals surface area (Å²) in [5.74, 6) is -1.07. The molecular formula is C17H25F3N4OS. The molecule has 1 fully saturated rings. The minimum atomic E-state index is -4.16. The fourth-order valence-corrected chi connectivity index (χ4v) is 3.48. The molecule has 26 heavy (non-hydrogen) atoms. The fraction of sp³-hybridized carbons (Fsp3) is 0.647. The van der Waals surface area contributed by atoms with E-state index in [0.29, 0.717) is 25.3 Å². The number of aliphatic imine (C=N–C) groups is 1. The van der Waals surface area contributed by atoms with Crippen molar-refractivity contribution in [3.63, 3.8) is 0 Å². The Hall–Kier alpha value is -1.77. The van der Waals surface area contributed by atoms with Crippen molar-refractivity contribution in [2.45, 2.75) is 44.4 Å². The van der Waals surface area contributed by atoms with Crippen molar-refractivity contribution in [3.8, 4) is 0 Å². The Bertz CT molecular complexity index is 602. The van der Waals surface area contributed by atoms with Crippen molar-refractivity contribution in [2.24, 2.45) is 10.9 Å². The Morgan fingerprint density at radius 2 is 2.15 bits per heavy atom. The van der Waals surface area contributed by atoms with Gasteiger partial charge in [0.2, 0.25) is 5.91 Å². The molecule has 1 aliphatic rings. The molecule has 0 radical (unpaired) electrons. The van der Waals surface area contributed by atoms with Crippen LogP contribution in [0.5, 0.6) is 0 Å². The molecule has 0 aliphatic heterocycles. The van der Waals surface area contributed by atoms with Gasteiger partial charge in [-0.3, -0.25) is 4.79 Å². The topological polar surface area (TPSA) is 56.7 Å². The van der Waals surface area contributed by atoms with Crippen LogP contribution in [0.1, 0.15) is 30.6 Å². The first kappa shape index (κ1) is 20.5. The summed E-state index contributed by atoms with van der Waals surface area (Å²) < 4.78 is 39.0. The Morgan fingerprint density at radius 1 is 1.38 bits per heavy atom. The summed E-state index contributed by atoms with van der Waals surface area (Å²) in [6, 6.07) is 3.58. The quantitative estimate of drug-likeness (QED) is 0.600. The molecule has 2 rings (SSSR count). The first-order chi connectivity index (χ1) is 12.3. The second kappa shape index (κ2) is 9.25. The van der Waals surface area contributed by atoms with E-state index in [0.717, 1.165) is 4.88 Å². The van der Waals surface area contributed by atoms with E-state index in [-0.39, 0.29) is 31.3 Å². The van der Waals surface area contributed by atoms with E-state index in [2.05, 4.69) is 15.6 Å². The standard InChI is InChI=1S/C17H25F3N4OS/c1-24(2)15(25)11-22-16(21-10-14-7-4-8-26-14)23-13-6-3-5-12(9-13)17(18,19)20/h4,7-8,12-13H,3,5-6,9-11H2,1-2H3,(H2,21,22,23). The fourth-order valence-electron chi connectivity index (χ4n) is 2.84. The third kappa shape index (κ3) is 6.51. The lowest BCUT2D eigenvalue weighted by Gasteiger charge is -2.32. The number of nitrogens with zero attached hydrogens (tertiary/aromatic N) is 2. The van der Waals surface area contributed by atoms with Gasteiger partial charge in [0, 0.05) is 25.0 Å². The van der Waals surface area contributed by atoms with E-state index in [1.165, 1.54) is 4.90 Å². The molecule has 1 aromatic heterocycles. The predicted molar refractivity (Wildman–Crippen MR) is 97.1 cm³/mol. The summed E-state index contributed by atoms with van der Waals surface area (Å²) in [7, 11) is 3.28. The van der Waals surface area contributed by atoms with Gasteiger partial charge in [0.05, 0.1) is 12.5 Å². The predicted octanol–water partition coefficient (Wildman–Crippen LogP) is 2.99. The number of alkyl halides is 3. The zero-order valence-corrected chi connectivity index (χ0v) is 15.8. The lowest BCUT2D eigenvalue weighted by atomic mass is 9.85. The highest BCUT2D eigenvalue weighted by atomic mass is 32.1. The lowest BCUT2D eigenvalue weighted by molar-refractivity contribution is -0.183. The van der Waals surface area contributed by atoms with Crippen molar-refractivity contribution in [1.29, 1.82) is 0 Å². The third-order valence-corrected chi connectivity index (χ3v) is 5.24. The lowest BCUT2D eigenvalue weighted by Crippen LogP contribution is -2.47. The number of hydrogen-bond donors (Lipinski definition) is 2. The third-order valence-electron chi connectivity index (χ3n) is 4.36. The summed E-state index contributed by atoms with van der Waals surface area (Å²) in [6.45, 7) is 0.456. The normalized spacial score (nSPS) is 21.3. The van der Waals surface area contributed by atoms with E-state index in [4.69, 9.17) is 0 Å². The van der Waals surface area contributed by atoms with Gasteiger partial charge in [0.1, 0.15) is 6.54 Å². The van der Waals surface area contributed by atoms with Crippen LogP contribution in [0.3, 0.4) is 0 Å². The molecule has 2 N–H and O–H groups in total. The average molecular weight is 390 g/mol. The monoisotopic (exact) mass is 390 g/mol. The number of amides is 1. The first-order valence-corrected chi connectivity index (χ1v) is 9.47. The molecule has 0 bridgehead atoms. The van der Waals surface area contributed by atoms with Gasteiger partial charge < -0.3 is 15.5 Å². The molecule has 5 nitrogen and oxygen atoms in total. The molecule has 1 aromatic rings. The number of hydrogen-bond acceptors (Lipinski definition) is 3. The second-order valence-electron chi connectivity index (χ2n) is 6.63. The largest absolute Gasteiger partial charge is 0.391 e. The summed E-state index contributed by atoms with van der Waals surface area (Å²) in [6.07, 6.45) is -2.77. The number of thiophene rings is 1. The van der Waals surface area contributed by atoms with Gasteiger partial charge >= 0.3 is 6.18 Å². The minimum Gasteiger partial charge on any atom is -0.354 e. The number of carbonyl (C=O) groups is 1. The summed E-state index contributed by atoms with van der Waals surface area (Å²) in [4.78, 5) is 18.5. The van der Waals surface area contributed by atoms with Gasteiger partial charge in [-0.1, -0.05) is 12.5 Å². The first-order valence-electron chi connectivity index (χ1n) is 8.60. The van der Waals surface area contributed by atoms with Gasteiger partial charge in [-0.2, -0.15) is 13.2 Å². The van der Waals surface area contributed by atoms with Crippen LogP contribution in [0.2, 0.25) is 0 Å². The van der Waals surface area contributed by atoms with Crippen molar-refractivity contribution < 1.29 is 18.0 Å². The number of rotatable bonds is 5. The molecule has 1 heterocycles. The van der Waals surface area contributed by atoms with Crippen LogP contribution in [0, 0.1) is 5.92 Å². The highest BCUT2D eigenvalue weighted by Gasteiger charge is 2.42. The molecule has 2 unspecified atom stereocenters. The van der Waals surface area contributed by atoms with Crippen LogP contribution < -0.4 is 10.6 Å².